The second-order valence-corrected chi connectivity index (χ2v) is 7.33. The van der Waals surface area contributed by atoms with Gasteiger partial charge in [0, 0.05) is 0 Å². The summed E-state index contributed by atoms with van der Waals surface area (Å²) in [5.74, 6) is -4.77. The minimum Gasteiger partial charge on any atom is -0.478 e. The minimum absolute atomic E-state index is 0.204. The fourth-order valence-electron chi connectivity index (χ4n) is 4.13. The van der Waals surface area contributed by atoms with E-state index in [1.54, 1.807) is 0 Å². The standard InChI is InChI=1S/C22H18O7/c23-19(24)15-7-11-3-1-5-13(11)9-17(15)21(27)29-22(28)18-10-14-6-2-4-12(14)8-16(18)20(25)26/h7-10H,1-6H2,(H,23,24)(H,25,26). The van der Waals surface area contributed by atoms with Gasteiger partial charge in [-0.1, -0.05) is 0 Å². The Morgan fingerprint density at radius 1 is 0.586 bits per heavy atom. The Hall–Kier alpha value is -3.48. The molecule has 2 aliphatic rings. The molecule has 2 N–H and O–H groups in total. The van der Waals surface area contributed by atoms with Gasteiger partial charge in [0.2, 0.25) is 0 Å². The summed E-state index contributed by atoms with van der Waals surface area (Å²) in [6.07, 6.45) is 4.64. The fraction of sp³-hybridized carbons (Fsp3) is 0.273. The van der Waals surface area contributed by atoms with Crippen LogP contribution in [0.3, 0.4) is 0 Å². The average Bonchev–Trinajstić information content (AvgIpc) is 3.33. The van der Waals surface area contributed by atoms with Gasteiger partial charge in [0.05, 0.1) is 22.3 Å². The number of carboxylic acid groups (broad SMARTS) is 2. The summed E-state index contributed by atoms with van der Waals surface area (Å²) in [7, 11) is 0. The van der Waals surface area contributed by atoms with Gasteiger partial charge in [-0.05, 0) is 85.0 Å². The highest BCUT2D eigenvalue weighted by Crippen LogP contribution is 2.28. The van der Waals surface area contributed by atoms with E-state index in [0.29, 0.717) is 0 Å². The Kier molecular flexibility index (Phi) is 4.66. The van der Waals surface area contributed by atoms with Gasteiger partial charge in [0.25, 0.3) is 0 Å². The first kappa shape index (κ1) is 18.9. The van der Waals surface area contributed by atoms with Crippen molar-refractivity contribution in [3.05, 3.63) is 68.8 Å². The maximum Gasteiger partial charge on any atom is 0.346 e. The molecular formula is C22H18O7. The first-order chi connectivity index (χ1) is 13.8. The number of carbonyl (C=O) groups is 4. The van der Waals surface area contributed by atoms with Crippen LogP contribution >= 0.6 is 0 Å². The van der Waals surface area contributed by atoms with Gasteiger partial charge in [-0.25, -0.2) is 19.2 Å². The predicted molar refractivity (Wildman–Crippen MR) is 101 cm³/mol. The highest BCUT2D eigenvalue weighted by atomic mass is 16.6. The van der Waals surface area contributed by atoms with E-state index in [9.17, 15) is 29.4 Å². The highest BCUT2D eigenvalue weighted by Gasteiger charge is 2.28. The number of carbonyl (C=O) groups excluding carboxylic acids is 2. The lowest BCUT2D eigenvalue weighted by Crippen LogP contribution is -2.19. The predicted octanol–water partition coefficient (Wildman–Crippen LogP) is 3.06. The lowest BCUT2D eigenvalue weighted by atomic mass is 9.99. The largest absolute Gasteiger partial charge is 0.478 e. The summed E-state index contributed by atoms with van der Waals surface area (Å²) < 4.78 is 4.92. The maximum atomic E-state index is 12.6. The molecule has 0 saturated heterocycles. The number of carboxylic acids is 2. The molecule has 0 aliphatic heterocycles. The summed E-state index contributed by atoms with van der Waals surface area (Å²) in [6.45, 7) is 0. The van der Waals surface area contributed by atoms with Crippen molar-refractivity contribution in [2.45, 2.75) is 38.5 Å². The minimum atomic E-state index is -1.29. The number of aromatic carboxylic acids is 2. The molecule has 0 radical (unpaired) electrons. The van der Waals surface area contributed by atoms with Crippen molar-refractivity contribution in [3.8, 4) is 0 Å². The summed E-state index contributed by atoms with van der Waals surface area (Å²) in [6, 6.07) is 5.82. The molecule has 0 aromatic heterocycles. The Bertz CT molecular complexity index is 996. The van der Waals surface area contributed by atoms with Crippen LogP contribution in [0.25, 0.3) is 0 Å². The Morgan fingerprint density at radius 3 is 1.21 bits per heavy atom. The van der Waals surface area contributed by atoms with E-state index in [4.69, 9.17) is 4.74 Å². The molecule has 29 heavy (non-hydrogen) atoms. The molecular weight excluding hydrogens is 376 g/mol. The lowest BCUT2D eigenvalue weighted by molar-refractivity contribution is 0.0386. The van der Waals surface area contributed by atoms with Crippen molar-refractivity contribution in [1.82, 2.24) is 0 Å². The molecule has 0 spiro atoms. The van der Waals surface area contributed by atoms with Crippen LogP contribution in [0.15, 0.2) is 24.3 Å². The molecule has 0 atom stereocenters. The van der Waals surface area contributed by atoms with Crippen LogP contribution in [0.1, 0.15) is 76.5 Å². The number of hydrogen-bond acceptors (Lipinski definition) is 5. The van der Waals surface area contributed by atoms with E-state index in [0.717, 1.165) is 60.8 Å². The van der Waals surface area contributed by atoms with Gasteiger partial charge in [-0.15, -0.1) is 0 Å². The van der Waals surface area contributed by atoms with Crippen LogP contribution in [0.5, 0.6) is 0 Å². The molecule has 148 valence electrons. The fourth-order valence-corrected chi connectivity index (χ4v) is 4.13. The summed E-state index contributed by atoms with van der Waals surface area (Å²) in [4.78, 5) is 48.4. The van der Waals surface area contributed by atoms with E-state index in [1.165, 1.54) is 24.3 Å². The molecule has 0 saturated carbocycles. The lowest BCUT2D eigenvalue weighted by Gasteiger charge is -2.11. The monoisotopic (exact) mass is 394 g/mol. The molecule has 0 heterocycles. The van der Waals surface area contributed by atoms with Crippen molar-refractivity contribution in [3.63, 3.8) is 0 Å². The first-order valence-electron chi connectivity index (χ1n) is 9.40. The number of benzene rings is 2. The van der Waals surface area contributed by atoms with Gasteiger partial charge in [-0.2, -0.15) is 0 Å². The normalized spacial score (nSPS) is 14.2. The van der Waals surface area contributed by atoms with E-state index in [-0.39, 0.29) is 22.3 Å². The number of rotatable bonds is 4. The van der Waals surface area contributed by atoms with Crippen molar-refractivity contribution in [1.29, 1.82) is 0 Å². The second-order valence-electron chi connectivity index (χ2n) is 7.33. The third-order valence-electron chi connectivity index (χ3n) is 5.55. The van der Waals surface area contributed by atoms with Crippen molar-refractivity contribution in [2.24, 2.45) is 0 Å². The average molecular weight is 394 g/mol. The quantitative estimate of drug-likeness (QED) is 0.604. The third kappa shape index (κ3) is 3.40. The number of fused-ring (bicyclic) bond motifs is 2. The molecule has 0 unspecified atom stereocenters. The van der Waals surface area contributed by atoms with Crippen LogP contribution in [0.4, 0.5) is 0 Å². The molecule has 2 aromatic rings. The molecule has 7 heteroatoms. The summed E-state index contributed by atoms with van der Waals surface area (Å²) in [5, 5.41) is 18.9. The van der Waals surface area contributed by atoms with Crippen molar-refractivity contribution < 1.29 is 34.1 Å². The number of aryl methyl sites for hydroxylation is 4. The molecule has 0 fully saturated rings. The summed E-state index contributed by atoms with van der Waals surface area (Å²) in [5.41, 5.74) is 2.60. The van der Waals surface area contributed by atoms with Crippen LogP contribution in [-0.2, 0) is 30.4 Å². The first-order valence-corrected chi connectivity index (χ1v) is 9.40. The zero-order valence-electron chi connectivity index (χ0n) is 15.5. The van der Waals surface area contributed by atoms with Crippen LogP contribution in [0.2, 0.25) is 0 Å². The Balaban J connectivity index is 1.67. The third-order valence-corrected chi connectivity index (χ3v) is 5.55. The topological polar surface area (TPSA) is 118 Å². The molecule has 2 aliphatic carbocycles. The van der Waals surface area contributed by atoms with Gasteiger partial charge in [-0.3, -0.25) is 0 Å². The Morgan fingerprint density at radius 2 is 0.897 bits per heavy atom. The molecule has 0 amide bonds. The van der Waals surface area contributed by atoms with E-state index >= 15 is 0 Å². The van der Waals surface area contributed by atoms with Crippen molar-refractivity contribution >= 4 is 23.9 Å². The number of esters is 2. The van der Waals surface area contributed by atoms with Crippen molar-refractivity contribution in [2.75, 3.05) is 0 Å². The number of ether oxygens (including phenoxy) is 1. The summed E-state index contributed by atoms with van der Waals surface area (Å²) >= 11 is 0. The van der Waals surface area contributed by atoms with E-state index in [2.05, 4.69) is 0 Å². The zero-order valence-corrected chi connectivity index (χ0v) is 15.5. The van der Waals surface area contributed by atoms with Gasteiger partial charge >= 0.3 is 23.9 Å². The zero-order chi connectivity index (χ0) is 20.7. The van der Waals surface area contributed by atoms with Crippen LogP contribution < -0.4 is 0 Å². The SMILES string of the molecule is O=C(O)c1cc2c(cc1C(=O)OC(=O)c1cc3c(cc1C(=O)O)CCC3)CCC2. The van der Waals surface area contributed by atoms with Gasteiger partial charge in [0.1, 0.15) is 0 Å². The van der Waals surface area contributed by atoms with Gasteiger partial charge < -0.3 is 14.9 Å². The highest BCUT2D eigenvalue weighted by molar-refractivity contribution is 6.10. The van der Waals surface area contributed by atoms with Gasteiger partial charge in [0.15, 0.2) is 0 Å². The Labute approximate surface area is 165 Å². The smallest absolute Gasteiger partial charge is 0.346 e. The van der Waals surface area contributed by atoms with Crippen LogP contribution in [-0.4, -0.2) is 34.1 Å². The molecule has 0 bridgehead atoms. The van der Waals surface area contributed by atoms with Crippen LogP contribution in [0, 0.1) is 0 Å². The molecule has 7 nitrogen and oxygen atoms in total. The van der Waals surface area contributed by atoms with E-state index < -0.39 is 23.9 Å². The van der Waals surface area contributed by atoms with E-state index in [1.807, 2.05) is 0 Å². The molecule has 2 aromatic carbocycles. The maximum absolute atomic E-state index is 12.6. The second kappa shape index (κ2) is 7.16. The molecule has 4 rings (SSSR count). The number of hydrogen-bond donors (Lipinski definition) is 2.